The van der Waals surface area contributed by atoms with Crippen molar-refractivity contribution < 1.29 is 0 Å². The maximum absolute atomic E-state index is 9.04. The van der Waals surface area contributed by atoms with E-state index in [0.29, 0.717) is 11.5 Å². The number of imidazole rings is 1. The molecule has 0 aliphatic rings. The summed E-state index contributed by atoms with van der Waals surface area (Å²) in [6, 6.07) is 8.00. The minimum atomic E-state index is 0.271. The summed E-state index contributed by atoms with van der Waals surface area (Å²) < 4.78 is 2.32. The number of rotatable bonds is 4. The number of benzene rings is 1. The average Bonchev–Trinajstić information content (AvgIpc) is 2.75. The Kier molecular flexibility index (Phi) is 4.37. The van der Waals surface area contributed by atoms with Crippen LogP contribution in [0.1, 0.15) is 52.4 Å². The van der Waals surface area contributed by atoms with Gasteiger partial charge < -0.3 is 4.57 Å². The predicted molar refractivity (Wildman–Crippen MR) is 87.1 cm³/mol. The van der Waals surface area contributed by atoms with E-state index in [1.54, 1.807) is 0 Å². The molecule has 1 aromatic heterocycles. The quantitative estimate of drug-likeness (QED) is 0.826. The Morgan fingerprint density at radius 3 is 2.62 bits per heavy atom. The number of hydrogen-bond donors (Lipinski definition) is 0. The molecule has 0 amide bonds. The van der Waals surface area contributed by atoms with E-state index in [0.717, 1.165) is 36.2 Å². The normalized spacial score (nSPS) is 13.3. The third-order valence-electron chi connectivity index (χ3n) is 4.37. The lowest BCUT2D eigenvalue weighted by molar-refractivity contribution is 0.255. The molecule has 0 spiro atoms. The number of aryl methyl sites for hydroxylation is 1. The van der Waals surface area contributed by atoms with E-state index in [2.05, 4.69) is 45.3 Å². The molecule has 1 unspecified atom stereocenters. The first-order valence-electron chi connectivity index (χ1n) is 7.76. The molecule has 0 aliphatic heterocycles. The Labute approximate surface area is 127 Å². The standard InChI is InChI=1S/C18H25N3/c1-6-9-21-16-8-7-14(12-19)11-15(16)20-17(21)10-13(2)18(3,4)5/h7-8,11,13H,6,9-10H2,1-5H3. The maximum atomic E-state index is 9.04. The van der Waals surface area contributed by atoms with E-state index in [-0.39, 0.29) is 5.41 Å². The van der Waals surface area contributed by atoms with Gasteiger partial charge in [0.05, 0.1) is 22.7 Å². The highest BCUT2D eigenvalue weighted by molar-refractivity contribution is 5.77. The second kappa shape index (κ2) is 5.89. The number of nitrogens with zero attached hydrogens (tertiary/aromatic N) is 3. The van der Waals surface area contributed by atoms with Gasteiger partial charge in [-0.25, -0.2) is 4.98 Å². The SMILES string of the molecule is CCCn1c(CC(C)C(C)(C)C)nc2cc(C#N)ccc21. The highest BCUT2D eigenvalue weighted by Crippen LogP contribution is 2.29. The van der Waals surface area contributed by atoms with Gasteiger partial charge in [0, 0.05) is 13.0 Å². The lowest BCUT2D eigenvalue weighted by Gasteiger charge is -2.27. The molecular formula is C18H25N3. The molecule has 0 N–H and O–H groups in total. The van der Waals surface area contributed by atoms with Crippen LogP contribution in [0.15, 0.2) is 18.2 Å². The second-order valence-electron chi connectivity index (χ2n) is 6.97. The Morgan fingerprint density at radius 1 is 1.33 bits per heavy atom. The third kappa shape index (κ3) is 3.26. The van der Waals surface area contributed by atoms with Crippen LogP contribution in [0.4, 0.5) is 0 Å². The van der Waals surface area contributed by atoms with Crippen molar-refractivity contribution in [1.29, 1.82) is 5.26 Å². The van der Waals surface area contributed by atoms with Crippen LogP contribution in [0, 0.1) is 22.7 Å². The zero-order valence-electron chi connectivity index (χ0n) is 13.8. The molecule has 21 heavy (non-hydrogen) atoms. The molecule has 2 aromatic rings. The number of nitriles is 1. The fraction of sp³-hybridized carbons (Fsp3) is 0.556. The lowest BCUT2D eigenvalue weighted by atomic mass is 9.80. The van der Waals surface area contributed by atoms with E-state index in [4.69, 9.17) is 10.2 Å². The fourth-order valence-corrected chi connectivity index (χ4v) is 2.46. The zero-order valence-corrected chi connectivity index (χ0v) is 13.8. The summed E-state index contributed by atoms with van der Waals surface area (Å²) in [5.74, 6) is 1.70. The molecule has 0 aliphatic carbocycles. The van der Waals surface area contributed by atoms with Gasteiger partial charge in [0.2, 0.25) is 0 Å². The van der Waals surface area contributed by atoms with E-state index < -0.39 is 0 Å². The minimum absolute atomic E-state index is 0.271. The van der Waals surface area contributed by atoms with Gasteiger partial charge in [-0.2, -0.15) is 5.26 Å². The summed E-state index contributed by atoms with van der Waals surface area (Å²) in [6.45, 7) is 12.3. The summed E-state index contributed by atoms with van der Waals surface area (Å²) in [5.41, 5.74) is 3.04. The molecule has 0 radical (unpaired) electrons. The fourth-order valence-electron chi connectivity index (χ4n) is 2.46. The van der Waals surface area contributed by atoms with Crippen LogP contribution < -0.4 is 0 Å². The summed E-state index contributed by atoms with van der Waals surface area (Å²) in [4.78, 5) is 4.81. The summed E-state index contributed by atoms with van der Waals surface area (Å²) in [6.07, 6.45) is 2.06. The Morgan fingerprint density at radius 2 is 2.05 bits per heavy atom. The second-order valence-corrected chi connectivity index (χ2v) is 6.97. The molecule has 0 fully saturated rings. The Bertz CT molecular complexity index is 668. The van der Waals surface area contributed by atoms with Crippen LogP contribution in [-0.2, 0) is 13.0 Å². The van der Waals surface area contributed by atoms with Crippen molar-refractivity contribution in [1.82, 2.24) is 9.55 Å². The monoisotopic (exact) mass is 283 g/mol. The topological polar surface area (TPSA) is 41.6 Å². The van der Waals surface area contributed by atoms with Crippen LogP contribution in [0.25, 0.3) is 11.0 Å². The van der Waals surface area contributed by atoms with E-state index in [1.165, 1.54) is 0 Å². The van der Waals surface area contributed by atoms with Gasteiger partial charge in [-0.05, 0) is 36.0 Å². The van der Waals surface area contributed by atoms with Gasteiger partial charge in [0.15, 0.2) is 0 Å². The first kappa shape index (κ1) is 15.6. The molecule has 0 bridgehead atoms. The van der Waals surface area contributed by atoms with E-state index >= 15 is 0 Å². The molecule has 1 heterocycles. The number of fused-ring (bicyclic) bond motifs is 1. The Balaban J connectivity index is 2.47. The van der Waals surface area contributed by atoms with Crippen LogP contribution in [-0.4, -0.2) is 9.55 Å². The van der Waals surface area contributed by atoms with Gasteiger partial charge >= 0.3 is 0 Å². The molecule has 1 atom stereocenters. The minimum Gasteiger partial charge on any atom is -0.328 e. The first-order chi connectivity index (χ1) is 9.86. The smallest absolute Gasteiger partial charge is 0.110 e. The van der Waals surface area contributed by atoms with Crippen LogP contribution in [0.5, 0.6) is 0 Å². The van der Waals surface area contributed by atoms with Gasteiger partial charge in [-0.3, -0.25) is 0 Å². The van der Waals surface area contributed by atoms with E-state index in [1.807, 2.05) is 18.2 Å². The van der Waals surface area contributed by atoms with Gasteiger partial charge in [0.1, 0.15) is 5.82 Å². The highest BCUT2D eigenvalue weighted by Gasteiger charge is 2.23. The van der Waals surface area contributed by atoms with Crippen LogP contribution in [0.3, 0.4) is 0 Å². The molecule has 3 nitrogen and oxygen atoms in total. The maximum Gasteiger partial charge on any atom is 0.110 e. The molecule has 0 saturated carbocycles. The van der Waals surface area contributed by atoms with Crippen molar-refractivity contribution >= 4 is 11.0 Å². The first-order valence-corrected chi connectivity index (χ1v) is 7.76. The molecular weight excluding hydrogens is 258 g/mol. The third-order valence-corrected chi connectivity index (χ3v) is 4.37. The summed E-state index contributed by atoms with van der Waals surface area (Å²) in [7, 11) is 0. The zero-order chi connectivity index (χ0) is 15.6. The molecule has 0 saturated heterocycles. The van der Waals surface area contributed by atoms with Crippen LogP contribution in [0.2, 0.25) is 0 Å². The molecule has 112 valence electrons. The average molecular weight is 283 g/mol. The van der Waals surface area contributed by atoms with Crippen molar-refractivity contribution in [3.63, 3.8) is 0 Å². The highest BCUT2D eigenvalue weighted by atomic mass is 15.1. The molecule has 2 rings (SSSR count). The predicted octanol–water partition coefficient (Wildman–Crippen LogP) is 4.54. The van der Waals surface area contributed by atoms with Crippen molar-refractivity contribution in [2.75, 3.05) is 0 Å². The number of hydrogen-bond acceptors (Lipinski definition) is 2. The van der Waals surface area contributed by atoms with Gasteiger partial charge in [-0.15, -0.1) is 0 Å². The van der Waals surface area contributed by atoms with Crippen LogP contribution >= 0.6 is 0 Å². The van der Waals surface area contributed by atoms with Gasteiger partial charge in [-0.1, -0.05) is 34.6 Å². The van der Waals surface area contributed by atoms with Crippen molar-refractivity contribution in [3.8, 4) is 6.07 Å². The van der Waals surface area contributed by atoms with E-state index in [9.17, 15) is 0 Å². The number of aromatic nitrogens is 2. The van der Waals surface area contributed by atoms with Gasteiger partial charge in [0.25, 0.3) is 0 Å². The molecule has 1 aromatic carbocycles. The molecule has 3 heteroatoms. The lowest BCUT2D eigenvalue weighted by Crippen LogP contribution is -2.21. The van der Waals surface area contributed by atoms with Crippen molar-refractivity contribution in [3.05, 3.63) is 29.6 Å². The summed E-state index contributed by atoms with van der Waals surface area (Å²) >= 11 is 0. The largest absolute Gasteiger partial charge is 0.328 e. The van der Waals surface area contributed by atoms with Crippen molar-refractivity contribution in [2.24, 2.45) is 11.3 Å². The van der Waals surface area contributed by atoms with Crippen molar-refractivity contribution in [2.45, 2.75) is 54.0 Å². The summed E-state index contributed by atoms with van der Waals surface area (Å²) in [5, 5.41) is 9.04. The Hall–Kier alpha value is -1.82.